The molecule has 1 aliphatic rings. The van der Waals surface area contributed by atoms with Crippen molar-refractivity contribution in [3.8, 4) is 23.0 Å². The van der Waals surface area contributed by atoms with E-state index in [-0.39, 0.29) is 35.8 Å². The van der Waals surface area contributed by atoms with E-state index in [4.69, 9.17) is 24.1 Å². The van der Waals surface area contributed by atoms with Gasteiger partial charge in [0.05, 0.1) is 44.8 Å². The van der Waals surface area contributed by atoms with Crippen molar-refractivity contribution in [2.24, 2.45) is 0 Å². The highest BCUT2D eigenvalue weighted by Gasteiger charge is 2.40. The zero-order chi connectivity index (χ0) is 21.8. The van der Waals surface area contributed by atoms with Crippen molar-refractivity contribution >= 4 is 23.3 Å². The Hall–Kier alpha value is -3.75. The monoisotopic (exact) mass is 415 g/mol. The van der Waals surface area contributed by atoms with E-state index < -0.39 is 17.7 Å². The number of nitrogens with zero attached hydrogens (tertiary/aromatic N) is 1. The van der Waals surface area contributed by atoms with E-state index in [0.29, 0.717) is 23.6 Å². The van der Waals surface area contributed by atoms with E-state index in [0.717, 1.165) is 0 Å². The maximum Gasteiger partial charge on any atom is 0.335 e. The molecule has 9 nitrogen and oxygen atoms in total. The van der Waals surface area contributed by atoms with Gasteiger partial charge in [0.15, 0.2) is 11.5 Å². The number of hydrogen-bond donors (Lipinski definition) is 1. The summed E-state index contributed by atoms with van der Waals surface area (Å²) in [6, 6.07) is 7.59. The molecule has 0 aromatic heterocycles. The Kier molecular flexibility index (Phi) is 6.10. The number of methoxy groups -OCH3 is 3. The van der Waals surface area contributed by atoms with Gasteiger partial charge in [-0.1, -0.05) is 0 Å². The first-order valence-electron chi connectivity index (χ1n) is 9.08. The molecule has 0 fully saturated rings. The Bertz CT molecular complexity index is 983. The van der Waals surface area contributed by atoms with Gasteiger partial charge in [0.2, 0.25) is 5.75 Å². The average molecular weight is 415 g/mol. The summed E-state index contributed by atoms with van der Waals surface area (Å²) in [5.41, 5.74) is 0.703. The summed E-state index contributed by atoms with van der Waals surface area (Å²) in [7, 11) is 4.27. The number of carbonyl (C=O) groups is 3. The summed E-state index contributed by atoms with van der Waals surface area (Å²) in [5.74, 6) is -1.10. The minimum absolute atomic E-state index is 0.144. The standard InChI is InChI=1S/C21H21NO8/c1-27-15-11-14-16(19(29-3)18(15)28-2)17(23)20(24)22(14)9-4-10-30-13-7-5-12(6-8-13)21(25)26/h5-8,11H,4,9-10H2,1-3H3,(H,25,26). The number of benzene rings is 2. The Morgan fingerprint density at radius 1 is 1.00 bits per heavy atom. The van der Waals surface area contributed by atoms with Gasteiger partial charge in [-0.2, -0.15) is 0 Å². The number of carboxylic acid groups (broad SMARTS) is 1. The number of anilines is 1. The number of fused-ring (bicyclic) bond motifs is 1. The Balaban J connectivity index is 1.73. The van der Waals surface area contributed by atoms with Crippen LogP contribution in [0.15, 0.2) is 30.3 Å². The topological polar surface area (TPSA) is 112 Å². The van der Waals surface area contributed by atoms with Crippen LogP contribution in [0.3, 0.4) is 0 Å². The number of rotatable bonds is 9. The molecule has 1 aliphatic heterocycles. The van der Waals surface area contributed by atoms with Crippen LogP contribution >= 0.6 is 0 Å². The van der Waals surface area contributed by atoms with Crippen LogP contribution in [-0.2, 0) is 4.79 Å². The molecule has 2 aromatic rings. The molecule has 0 spiro atoms. The number of ether oxygens (including phenoxy) is 4. The van der Waals surface area contributed by atoms with Gasteiger partial charge in [0.1, 0.15) is 5.75 Å². The third-order valence-corrected chi connectivity index (χ3v) is 4.66. The highest BCUT2D eigenvalue weighted by Crippen LogP contribution is 2.48. The SMILES string of the molecule is COc1cc2c(c(OC)c1OC)C(=O)C(=O)N2CCCOc1ccc(C(=O)O)cc1. The second kappa shape index (κ2) is 8.73. The molecule has 30 heavy (non-hydrogen) atoms. The molecule has 3 rings (SSSR count). The Morgan fingerprint density at radius 2 is 1.67 bits per heavy atom. The zero-order valence-electron chi connectivity index (χ0n) is 16.8. The predicted octanol–water partition coefficient (Wildman–Crippen LogP) is 2.41. The van der Waals surface area contributed by atoms with Gasteiger partial charge in [-0.15, -0.1) is 0 Å². The van der Waals surface area contributed by atoms with Gasteiger partial charge in [-0.3, -0.25) is 9.59 Å². The Morgan fingerprint density at radius 3 is 2.23 bits per heavy atom. The smallest absolute Gasteiger partial charge is 0.335 e. The maximum atomic E-state index is 12.5. The third kappa shape index (κ3) is 3.73. The highest BCUT2D eigenvalue weighted by molar-refractivity contribution is 6.53. The molecule has 0 bridgehead atoms. The number of ketones is 1. The van der Waals surface area contributed by atoms with Gasteiger partial charge in [0, 0.05) is 12.6 Å². The molecule has 158 valence electrons. The molecule has 0 saturated carbocycles. The van der Waals surface area contributed by atoms with E-state index in [2.05, 4.69) is 0 Å². The van der Waals surface area contributed by atoms with Gasteiger partial charge >= 0.3 is 5.97 Å². The fraction of sp³-hybridized carbons (Fsp3) is 0.286. The van der Waals surface area contributed by atoms with E-state index >= 15 is 0 Å². The lowest BCUT2D eigenvalue weighted by Gasteiger charge is -2.19. The summed E-state index contributed by atoms with van der Waals surface area (Å²) in [5, 5.41) is 8.91. The minimum atomic E-state index is -1.01. The number of aromatic carboxylic acids is 1. The van der Waals surface area contributed by atoms with Gasteiger partial charge in [-0.25, -0.2) is 4.79 Å². The second-order valence-electron chi connectivity index (χ2n) is 6.36. The van der Waals surface area contributed by atoms with E-state index in [1.807, 2.05) is 0 Å². The highest BCUT2D eigenvalue weighted by atomic mass is 16.5. The fourth-order valence-corrected chi connectivity index (χ4v) is 3.24. The van der Waals surface area contributed by atoms with Crippen molar-refractivity contribution in [1.82, 2.24) is 0 Å². The normalized spacial score (nSPS) is 12.6. The van der Waals surface area contributed by atoms with Gasteiger partial charge in [0.25, 0.3) is 11.7 Å². The number of carbonyl (C=O) groups excluding carboxylic acids is 2. The average Bonchev–Trinajstić information content (AvgIpc) is 2.99. The van der Waals surface area contributed by atoms with Crippen molar-refractivity contribution in [3.05, 3.63) is 41.5 Å². The molecule has 0 atom stereocenters. The minimum Gasteiger partial charge on any atom is -0.494 e. The lowest BCUT2D eigenvalue weighted by atomic mass is 10.1. The molecule has 2 aromatic carbocycles. The van der Waals surface area contributed by atoms with Gasteiger partial charge in [-0.05, 0) is 30.7 Å². The maximum absolute atomic E-state index is 12.5. The number of carboxylic acids is 1. The Labute approximate surface area is 172 Å². The summed E-state index contributed by atoms with van der Waals surface area (Å²) in [6.45, 7) is 0.508. The summed E-state index contributed by atoms with van der Waals surface area (Å²) in [6.07, 6.45) is 0.440. The first-order chi connectivity index (χ1) is 14.4. The lowest BCUT2D eigenvalue weighted by Crippen LogP contribution is -2.31. The van der Waals surface area contributed by atoms with Crippen molar-refractivity contribution in [3.63, 3.8) is 0 Å². The molecular weight excluding hydrogens is 394 g/mol. The first kappa shape index (κ1) is 21.0. The van der Waals surface area contributed by atoms with E-state index in [1.165, 1.54) is 38.4 Å². The molecule has 0 saturated heterocycles. The zero-order valence-corrected chi connectivity index (χ0v) is 16.8. The summed E-state index contributed by atoms with van der Waals surface area (Å²) in [4.78, 5) is 37.3. The van der Waals surface area contributed by atoms with Crippen molar-refractivity contribution in [1.29, 1.82) is 0 Å². The molecule has 0 unspecified atom stereocenters. The van der Waals surface area contributed by atoms with Crippen LogP contribution in [0.1, 0.15) is 27.1 Å². The van der Waals surface area contributed by atoms with Crippen LogP contribution in [-0.4, -0.2) is 57.2 Å². The van der Waals surface area contributed by atoms with Crippen molar-refractivity contribution in [2.45, 2.75) is 6.42 Å². The number of amides is 1. The number of hydrogen-bond acceptors (Lipinski definition) is 7. The van der Waals surface area contributed by atoms with Crippen LogP contribution in [0.5, 0.6) is 23.0 Å². The quantitative estimate of drug-likeness (QED) is 0.491. The van der Waals surface area contributed by atoms with Crippen LogP contribution in [0, 0.1) is 0 Å². The van der Waals surface area contributed by atoms with E-state index in [1.54, 1.807) is 18.2 Å². The number of Topliss-reactive ketones (excluding diaryl/α,β-unsaturated/α-hetero) is 1. The van der Waals surface area contributed by atoms with Crippen molar-refractivity contribution < 1.29 is 38.4 Å². The largest absolute Gasteiger partial charge is 0.494 e. The van der Waals surface area contributed by atoms with Crippen molar-refractivity contribution in [2.75, 3.05) is 39.4 Å². The third-order valence-electron chi connectivity index (χ3n) is 4.66. The molecule has 9 heteroatoms. The molecular formula is C21H21NO8. The second-order valence-corrected chi connectivity index (χ2v) is 6.36. The molecule has 0 radical (unpaired) electrons. The molecule has 0 aliphatic carbocycles. The predicted molar refractivity (Wildman–Crippen MR) is 106 cm³/mol. The fourth-order valence-electron chi connectivity index (χ4n) is 3.24. The summed E-state index contributed by atoms with van der Waals surface area (Å²) >= 11 is 0. The molecule has 1 heterocycles. The summed E-state index contributed by atoms with van der Waals surface area (Å²) < 4.78 is 21.5. The van der Waals surface area contributed by atoms with Crippen LogP contribution in [0.2, 0.25) is 0 Å². The van der Waals surface area contributed by atoms with E-state index in [9.17, 15) is 14.4 Å². The molecule has 1 N–H and O–H groups in total. The lowest BCUT2D eigenvalue weighted by molar-refractivity contribution is -0.114. The van der Waals surface area contributed by atoms with Crippen LogP contribution in [0.4, 0.5) is 5.69 Å². The first-order valence-corrected chi connectivity index (χ1v) is 9.08. The van der Waals surface area contributed by atoms with Gasteiger partial charge < -0.3 is 29.0 Å². The van der Waals surface area contributed by atoms with Crippen LogP contribution < -0.4 is 23.8 Å². The van der Waals surface area contributed by atoms with Crippen LogP contribution in [0.25, 0.3) is 0 Å². The molecule has 1 amide bonds.